The Bertz CT molecular complexity index is 437. The number of nitrogens with zero attached hydrogens (tertiary/aromatic N) is 1. The molecule has 1 nitrogen and oxygen atoms in total. The molecule has 1 aromatic carbocycles. The van der Waals surface area contributed by atoms with E-state index in [1.807, 2.05) is 29.1 Å². The van der Waals surface area contributed by atoms with Gasteiger partial charge in [0.15, 0.2) is 0 Å². The standard InChI is InChI=1S/C15H20NS.ClH.Ru/c1-5-13-8-7-9-14(6-2)15(13)16-10-17-12(4)11(16)3;;/h7-10H,5-6H2,1-4H3;1H;/q-1;;+2/p-1. The van der Waals surface area contributed by atoms with Crippen molar-refractivity contribution in [2.24, 2.45) is 0 Å². The van der Waals surface area contributed by atoms with E-state index in [4.69, 9.17) is 0 Å². The van der Waals surface area contributed by atoms with E-state index < -0.39 is 0 Å². The summed E-state index contributed by atoms with van der Waals surface area (Å²) in [6.45, 7) is 8.86. The molecule has 0 saturated heterocycles. The van der Waals surface area contributed by atoms with Gasteiger partial charge >= 0.3 is 27.0 Å². The third-order valence-electron chi connectivity index (χ3n) is 3.41. The topological polar surface area (TPSA) is 3.24 Å². The van der Waals surface area contributed by atoms with Crippen LogP contribution in [0.3, 0.4) is 0 Å². The molecule has 19 heavy (non-hydrogen) atoms. The van der Waals surface area contributed by atoms with Gasteiger partial charge in [-0.15, -0.1) is 0 Å². The van der Waals surface area contributed by atoms with Crippen LogP contribution in [0.15, 0.2) is 28.8 Å². The van der Waals surface area contributed by atoms with Crippen molar-refractivity contribution in [2.45, 2.75) is 40.5 Å². The van der Waals surface area contributed by atoms with E-state index in [-0.39, 0.29) is 0 Å². The van der Waals surface area contributed by atoms with Gasteiger partial charge in [0.05, 0.1) is 0 Å². The first-order chi connectivity index (χ1) is 9.19. The Morgan fingerprint density at radius 1 is 1.16 bits per heavy atom. The van der Waals surface area contributed by atoms with Gasteiger partial charge in [-0.05, 0) is 48.4 Å². The number of aryl methyl sites for hydroxylation is 2. The zero-order valence-corrected chi connectivity index (χ0v) is 15.1. The van der Waals surface area contributed by atoms with Crippen molar-refractivity contribution in [3.8, 4) is 0 Å². The molecule has 0 fully saturated rings. The van der Waals surface area contributed by atoms with Crippen molar-refractivity contribution < 1.29 is 17.3 Å². The van der Waals surface area contributed by atoms with E-state index >= 15 is 0 Å². The molecule has 0 saturated carbocycles. The van der Waals surface area contributed by atoms with Crippen LogP contribution in [0.4, 0.5) is 5.69 Å². The summed E-state index contributed by atoms with van der Waals surface area (Å²) in [7, 11) is 4.57. The summed E-state index contributed by atoms with van der Waals surface area (Å²) in [4.78, 5) is 3.76. The number of hydrogen-bond donors (Lipinski definition) is 0. The second-order valence-electron chi connectivity index (χ2n) is 4.37. The molecule has 1 aliphatic rings. The van der Waals surface area contributed by atoms with Gasteiger partial charge in [-0.3, -0.25) is 11.8 Å². The van der Waals surface area contributed by atoms with Gasteiger partial charge in [0.2, 0.25) is 0 Å². The quantitative estimate of drug-likeness (QED) is 0.507. The van der Waals surface area contributed by atoms with Gasteiger partial charge in [-0.2, -0.15) is 5.88 Å². The van der Waals surface area contributed by atoms with Crippen LogP contribution in [0.25, 0.3) is 0 Å². The Balaban J connectivity index is 0.000000861. The van der Waals surface area contributed by atoms with E-state index in [1.165, 1.54) is 27.4 Å². The fourth-order valence-electron chi connectivity index (χ4n) is 2.21. The van der Waals surface area contributed by atoms with Crippen LogP contribution in [0.1, 0.15) is 38.8 Å². The van der Waals surface area contributed by atoms with Crippen molar-refractivity contribution in [1.82, 2.24) is 0 Å². The average Bonchev–Trinajstić information content (AvgIpc) is 2.80. The number of thioether (sulfide) groups is 1. The Hall–Kier alpha value is 0.0234. The summed E-state index contributed by atoms with van der Waals surface area (Å²) >= 11 is 3.65. The molecule has 0 atom stereocenters. The summed E-state index contributed by atoms with van der Waals surface area (Å²) < 4.78 is 0. The Kier molecular flexibility index (Phi) is 7.50. The molecule has 2 rings (SSSR count). The van der Waals surface area contributed by atoms with Crippen LogP contribution in [-0.4, -0.2) is 0 Å². The van der Waals surface area contributed by atoms with Crippen LogP contribution in [0.5, 0.6) is 0 Å². The third kappa shape index (κ3) is 3.77. The van der Waals surface area contributed by atoms with Crippen LogP contribution < -0.4 is 4.90 Å². The minimum absolute atomic E-state index is 1.09. The Morgan fingerprint density at radius 2 is 1.68 bits per heavy atom. The molecular formula is C15H20ClNRuS. The zero-order chi connectivity index (χ0) is 14.4. The fourth-order valence-corrected chi connectivity index (χ4v) is 3.01. The third-order valence-corrected chi connectivity index (χ3v) is 4.38. The fraction of sp³-hybridized carbons (Fsp3) is 0.400. The maximum atomic E-state index is 4.57. The van der Waals surface area contributed by atoms with E-state index in [2.05, 4.69) is 66.4 Å². The van der Waals surface area contributed by atoms with Crippen molar-refractivity contribution in [1.29, 1.82) is 0 Å². The Morgan fingerprint density at radius 3 is 2.05 bits per heavy atom. The molecule has 0 bridgehead atoms. The predicted octanol–water partition coefficient (Wildman–Crippen LogP) is 5.42. The number of anilines is 1. The SMILES string of the molecule is CCc1cccc(CC)c1N1[CH-]SC(C)=C1C.[Cl][Ru+]. The van der Waals surface area contributed by atoms with Crippen molar-refractivity contribution in [3.63, 3.8) is 0 Å². The first kappa shape index (κ1) is 17.1. The van der Waals surface area contributed by atoms with E-state index in [9.17, 15) is 0 Å². The first-order valence-electron chi connectivity index (χ1n) is 6.39. The number of benzene rings is 1. The number of halogens is 1. The number of para-hydroxylation sites is 1. The van der Waals surface area contributed by atoms with Gasteiger partial charge in [0.25, 0.3) is 0 Å². The summed E-state index contributed by atoms with van der Waals surface area (Å²) in [5.41, 5.74) is 5.65. The van der Waals surface area contributed by atoms with Crippen molar-refractivity contribution >= 4 is 27.1 Å². The maximum absolute atomic E-state index is 4.57. The van der Waals surface area contributed by atoms with Crippen LogP contribution in [0, 0.1) is 5.88 Å². The number of allylic oxidation sites excluding steroid dienone is 2. The molecule has 106 valence electrons. The van der Waals surface area contributed by atoms with Gasteiger partial charge in [0.1, 0.15) is 0 Å². The van der Waals surface area contributed by atoms with Crippen molar-refractivity contribution in [2.75, 3.05) is 4.90 Å². The summed E-state index contributed by atoms with van der Waals surface area (Å²) in [5, 5.41) is 0. The van der Waals surface area contributed by atoms with Gasteiger partial charge in [-0.1, -0.05) is 32.0 Å². The molecule has 0 aromatic heterocycles. The molecule has 0 N–H and O–H groups in total. The molecule has 1 aliphatic heterocycles. The molecule has 0 amide bonds. The Labute approximate surface area is 135 Å². The van der Waals surface area contributed by atoms with Crippen molar-refractivity contribution in [3.05, 3.63) is 45.8 Å². The number of hydrogen-bond acceptors (Lipinski definition) is 2. The molecular weight excluding hydrogens is 363 g/mol. The van der Waals surface area contributed by atoms with Crippen LogP contribution >= 0.6 is 21.5 Å². The molecule has 0 spiro atoms. The molecule has 0 unspecified atom stereocenters. The molecule has 0 aliphatic carbocycles. The molecule has 1 heterocycles. The second-order valence-corrected chi connectivity index (χ2v) is 5.43. The first-order valence-corrected chi connectivity index (χ1v) is 9.51. The van der Waals surface area contributed by atoms with Crippen LogP contribution in [-0.2, 0) is 30.2 Å². The van der Waals surface area contributed by atoms with Crippen LogP contribution in [0.2, 0.25) is 0 Å². The zero-order valence-electron chi connectivity index (χ0n) is 11.8. The summed E-state index contributed by atoms with van der Waals surface area (Å²) in [6.07, 6.45) is 2.18. The number of rotatable bonds is 3. The van der Waals surface area contributed by atoms with Gasteiger partial charge in [0, 0.05) is 5.69 Å². The summed E-state index contributed by atoms with van der Waals surface area (Å²) in [5.74, 6) is 2.23. The minimum atomic E-state index is 1.09. The van der Waals surface area contributed by atoms with Gasteiger partial charge in [-0.25, -0.2) is 0 Å². The molecule has 1 aromatic rings. The molecule has 4 heteroatoms. The summed E-state index contributed by atoms with van der Waals surface area (Å²) in [6, 6.07) is 6.66. The predicted molar refractivity (Wildman–Crippen MR) is 83.8 cm³/mol. The molecule has 0 radical (unpaired) electrons. The second kappa shape index (κ2) is 8.34. The monoisotopic (exact) mass is 383 g/mol. The normalized spacial score (nSPS) is 14.5. The van der Waals surface area contributed by atoms with E-state index in [0.717, 1.165) is 12.8 Å². The van der Waals surface area contributed by atoms with E-state index in [1.54, 1.807) is 0 Å². The van der Waals surface area contributed by atoms with E-state index in [0.29, 0.717) is 0 Å². The average molecular weight is 383 g/mol. The van der Waals surface area contributed by atoms with Gasteiger partial charge < -0.3 is 4.90 Å².